The summed E-state index contributed by atoms with van der Waals surface area (Å²) in [6.07, 6.45) is 1.68. The summed E-state index contributed by atoms with van der Waals surface area (Å²) in [4.78, 5) is 27.6. The summed E-state index contributed by atoms with van der Waals surface area (Å²) in [6, 6.07) is 13.8. The van der Waals surface area contributed by atoms with E-state index in [-0.39, 0.29) is 30.1 Å². The van der Waals surface area contributed by atoms with Crippen molar-refractivity contribution in [3.05, 3.63) is 65.5 Å². The fourth-order valence-electron chi connectivity index (χ4n) is 1.76. The lowest BCUT2D eigenvalue weighted by atomic mass is 10.0. The molecule has 20 heavy (non-hydrogen) atoms. The lowest BCUT2D eigenvalue weighted by molar-refractivity contribution is 0.0917. The molecular weight excluding hydrogens is 252 g/mol. The van der Waals surface area contributed by atoms with Crippen LogP contribution in [-0.2, 0) is 0 Å². The number of ketones is 2. The SMILES string of the molecule is N#Cc1ccc(C(=O)CCC(=O)c2ccccc2)cn1. The predicted molar refractivity (Wildman–Crippen MR) is 73.3 cm³/mol. The number of hydrogen-bond donors (Lipinski definition) is 0. The Kier molecular flexibility index (Phi) is 4.35. The van der Waals surface area contributed by atoms with E-state index in [0.29, 0.717) is 11.1 Å². The van der Waals surface area contributed by atoms with Crippen LogP contribution in [0.25, 0.3) is 0 Å². The van der Waals surface area contributed by atoms with Gasteiger partial charge in [-0.1, -0.05) is 30.3 Å². The first-order valence-corrected chi connectivity index (χ1v) is 6.18. The molecular formula is C16H12N2O2. The smallest absolute Gasteiger partial charge is 0.164 e. The number of carbonyl (C=O) groups is 2. The Morgan fingerprint density at radius 2 is 1.60 bits per heavy atom. The van der Waals surface area contributed by atoms with E-state index >= 15 is 0 Å². The fraction of sp³-hybridized carbons (Fsp3) is 0.125. The van der Waals surface area contributed by atoms with Gasteiger partial charge >= 0.3 is 0 Å². The second kappa shape index (κ2) is 6.39. The van der Waals surface area contributed by atoms with Crippen molar-refractivity contribution in [2.45, 2.75) is 12.8 Å². The molecule has 0 unspecified atom stereocenters. The summed E-state index contributed by atoms with van der Waals surface area (Å²) in [7, 11) is 0. The molecule has 0 amide bonds. The van der Waals surface area contributed by atoms with Gasteiger partial charge in [-0.3, -0.25) is 9.59 Å². The Morgan fingerprint density at radius 1 is 0.950 bits per heavy atom. The van der Waals surface area contributed by atoms with Gasteiger partial charge in [-0.25, -0.2) is 4.98 Å². The number of pyridine rings is 1. The number of nitrogens with zero attached hydrogens (tertiary/aromatic N) is 2. The molecule has 1 aromatic heterocycles. The highest BCUT2D eigenvalue weighted by Gasteiger charge is 2.11. The third-order valence-electron chi connectivity index (χ3n) is 2.87. The number of benzene rings is 1. The zero-order valence-corrected chi connectivity index (χ0v) is 10.7. The van der Waals surface area contributed by atoms with Gasteiger partial charge in [-0.2, -0.15) is 5.26 Å². The van der Waals surface area contributed by atoms with Crippen molar-refractivity contribution < 1.29 is 9.59 Å². The van der Waals surface area contributed by atoms with Crippen molar-refractivity contribution in [2.24, 2.45) is 0 Å². The molecule has 1 aromatic carbocycles. The molecule has 0 aliphatic carbocycles. The molecule has 0 saturated heterocycles. The molecule has 0 spiro atoms. The van der Waals surface area contributed by atoms with Gasteiger partial charge in [0.05, 0.1) is 0 Å². The summed E-state index contributed by atoms with van der Waals surface area (Å²) in [6.45, 7) is 0. The highest BCUT2D eigenvalue weighted by Crippen LogP contribution is 2.09. The lowest BCUT2D eigenvalue weighted by Gasteiger charge is -2.01. The molecule has 0 N–H and O–H groups in total. The van der Waals surface area contributed by atoms with Crippen LogP contribution in [0.3, 0.4) is 0 Å². The van der Waals surface area contributed by atoms with Crippen molar-refractivity contribution in [2.75, 3.05) is 0 Å². The number of aromatic nitrogens is 1. The Morgan fingerprint density at radius 3 is 2.15 bits per heavy atom. The van der Waals surface area contributed by atoms with E-state index in [1.54, 1.807) is 30.3 Å². The number of rotatable bonds is 5. The van der Waals surface area contributed by atoms with E-state index < -0.39 is 0 Å². The van der Waals surface area contributed by atoms with Crippen LogP contribution >= 0.6 is 0 Å². The van der Waals surface area contributed by atoms with Crippen molar-refractivity contribution in [1.29, 1.82) is 5.26 Å². The average Bonchev–Trinajstić information content (AvgIpc) is 2.53. The molecule has 2 rings (SSSR count). The molecule has 4 heteroatoms. The second-order valence-corrected chi connectivity index (χ2v) is 4.26. The average molecular weight is 264 g/mol. The van der Waals surface area contributed by atoms with E-state index in [4.69, 9.17) is 5.26 Å². The Balaban J connectivity index is 1.95. The van der Waals surface area contributed by atoms with Crippen molar-refractivity contribution in [1.82, 2.24) is 4.98 Å². The van der Waals surface area contributed by atoms with Crippen LogP contribution in [0.4, 0.5) is 0 Å². The lowest BCUT2D eigenvalue weighted by Crippen LogP contribution is -2.05. The minimum atomic E-state index is -0.147. The van der Waals surface area contributed by atoms with Gasteiger partial charge in [0.2, 0.25) is 0 Å². The van der Waals surface area contributed by atoms with Crippen LogP contribution in [0.15, 0.2) is 48.7 Å². The van der Waals surface area contributed by atoms with Gasteiger partial charge in [-0.15, -0.1) is 0 Å². The molecule has 1 heterocycles. The van der Waals surface area contributed by atoms with Crippen LogP contribution in [-0.4, -0.2) is 16.6 Å². The van der Waals surface area contributed by atoms with Crippen LogP contribution in [0.1, 0.15) is 39.3 Å². The topological polar surface area (TPSA) is 70.8 Å². The van der Waals surface area contributed by atoms with Gasteiger partial charge in [0.15, 0.2) is 11.6 Å². The number of carbonyl (C=O) groups excluding carboxylic acids is 2. The Bertz CT molecular complexity index is 655. The third kappa shape index (κ3) is 3.36. The first kappa shape index (κ1) is 13.6. The maximum Gasteiger partial charge on any atom is 0.164 e. The summed E-state index contributed by atoms with van der Waals surface area (Å²) in [5, 5.41) is 8.63. The minimum absolute atomic E-state index is 0.0550. The molecule has 2 aromatic rings. The van der Waals surface area contributed by atoms with Crippen LogP contribution in [0.2, 0.25) is 0 Å². The largest absolute Gasteiger partial charge is 0.294 e. The molecule has 0 saturated carbocycles. The summed E-state index contributed by atoms with van der Waals surface area (Å²) >= 11 is 0. The van der Waals surface area contributed by atoms with Crippen molar-refractivity contribution in [3.8, 4) is 6.07 Å². The zero-order chi connectivity index (χ0) is 14.4. The number of hydrogen-bond acceptors (Lipinski definition) is 4. The fourth-order valence-corrected chi connectivity index (χ4v) is 1.76. The third-order valence-corrected chi connectivity index (χ3v) is 2.87. The summed E-state index contributed by atoms with van der Waals surface area (Å²) in [5.41, 5.74) is 1.30. The molecule has 0 aliphatic rings. The van der Waals surface area contributed by atoms with Gasteiger partial charge in [0, 0.05) is 30.2 Å². The quantitative estimate of drug-likeness (QED) is 0.778. The molecule has 98 valence electrons. The van der Waals surface area contributed by atoms with Gasteiger partial charge < -0.3 is 0 Å². The Hall–Kier alpha value is -2.80. The minimum Gasteiger partial charge on any atom is -0.294 e. The maximum atomic E-state index is 11.9. The first-order chi connectivity index (χ1) is 9.70. The first-order valence-electron chi connectivity index (χ1n) is 6.18. The van der Waals surface area contributed by atoms with Gasteiger partial charge in [-0.05, 0) is 12.1 Å². The van der Waals surface area contributed by atoms with Gasteiger partial charge in [0.1, 0.15) is 11.8 Å². The molecule has 4 nitrogen and oxygen atoms in total. The van der Waals surface area contributed by atoms with E-state index in [9.17, 15) is 9.59 Å². The van der Waals surface area contributed by atoms with Crippen molar-refractivity contribution in [3.63, 3.8) is 0 Å². The molecule has 0 aliphatic heterocycles. The standard InChI is InChI=1S/C16H12N2O2/c17-10-14-7-6-13(11-18-14)16(20)9-8-15(19)12-4-2-1-3-5-12/h1-7,11H,8-9H2. The molecule has 0 radical (unpaired) electrons. The zero-order valence-electron chi connectivity index (χ0n) is 10.7. The van der Waals surface area contributed by atoms with E-state index in [0.717, 1.165) is 0 Å². The number of nitriles is 1. The molecule has 0 atom stereocenters. The normalized spacial score (nSPS) is 9.75. The van der Waals surface area contributed by atoms with Crippen LogP contribution < -0.4 is 0 Å². The predicted octanol–water partition coefficient (Wildman–Crippen LogP) is 2.80. The monoisotopic (exact) mass is 264 g/mol. The van der Waals surface area contributed by atoms with E-state index in [2.05, 4.69) is 4.98 Å². The van der Waals surface area contributed by atoms with Crippen LogP contribution in [0, 0.1) is 11.3 Å². The van der Waals surface area contributed by atoms with E-state index in [1.165, 1.54) is 12.3 Å². The second-order valence-electron chi connectivity index (χ2n) is 4.26. The van der Waals surface area contributed by atoms with E-state index in [1.807, 2.05) is 12.1 Å². The molecule has 0 fully saturated rings. The highest BCUT2D eigenvalue weighted by atomic mass is 16.1. The Labute approximate surface area is 116 Å². The summed E-state index contributed by atoms with van der Waals surface area (Å²) < 4.78 is 0. The maximum absolute atomic E-state index is 11.9. The van der Waals surface area contributed by atoms with Crippen LogP contribution in [0.5, 0.6) is 0 Å². The number of Topliss-reactive ketones (excluding diaryl/α,β-unsaturated/α-hetero) is 2. The summed E-state index contributed by atoms with van der Waals surface area (Å²) in [5.74, 6) is -0.202. The molecule has 0 bridgehead atoms. The highest BCUT2D eigenvalue weighted by molar-refractivity contribution is 6.01. The van der Waals surface area contributed by atoms with Gasteiger partial charge in [0.25, 0.3) is 0 Å². The van der Waals surface area contributed by atoms with Crippen molar-refractivity contribution >= 4 is 11.6 Å².